The Morgan fingerprint density at radius 3 is 1.46 bits per heavy atom. The van der Waals surface area contributed by atoms with E-state index in [1.165, 1.54) is 0 Å². The van der Waals surface area contributed by atoms with E-state index in [4.69, 9.17) is 11.5 Å². The molecule has 0 unspecified atom stereocenters. The van der Waals surface area contributed by atoms with Crippen molar-refractivity contribution in [3.63, 3.8) is 0 Å². The highest BCUT2D eigenvalue weighted by molar-refractivity contribution is 6.36. The maximum Gasteiger partial charge on any atom is 0.272 e. The van der Waals surface area contributed by atoms with Crippen LogP contribution in [0.1, 0.15) is 0 Å². The number of benzene rings is 3. The molecular weight excluding hydrogens is 304 g/mol. The molecule has 0 saturated heterocycles. The van der Waals surface area contributed by atoms with Gasteiger partial charge in [0.15, 0.2) is 0 Å². The summed E-state index contributed by atoms with van der Waals surface area (Å²) in [5, 5.41) is 4.61. The maximum absolute atomic E-state index is 12.2. The number of pyridine rings is 2. The first-order valence-electron chi connectivity index (χ1n) is 7.47. The van der Waals surface area contributed by atoms with E-state index < -0.39 is 0 Å². The van der Waals surface area contributed by atoms with Gasteiger partial charge in [0.05, 0.1) is 0 Å². The van der Waals surface area contributed by atoms with Crippen molar-refractivity contribution in [2.75, 3.05) is 11.5 Å². The summed E-state index contributed by atoms with van der Waals surface area (Å²) in [6.45, 7) is 0. The van der Waals surface area contributed by atoms with Crippen molar-refractivity contribution in [3.8, 4) is 0 Å². The number of nitrogens with one attached hydrogen (secondary N) is 2. The summed E-state index contributed by atoms with van der Waals surface area (Å²) in [6, 6.07) is 11.1. The molecule has 24 heavy (non-hydrogen) atoms. The number of aromatic nitrogens is 2. The second-order valence-electron chi connectivity index (χ2n) is 5.94. The quantitative estimate of drug-likeness (QED) is 0.259. The highest BCUT2D eigenvalue weighted by Crippen LogP contribution is 2.41. The molecule has 6 N–H and O–H groups in total. The van der Waals surface area contributed by atoms with Gasteiger partial charge < -0.3 is 21.4 Å². The Labute approximate surface area is 134 Å². The van der Waals surface area contributed by atoms with Crippen LogP contribution in [0.2, 0.25) is 0 Å². The number of fused-ring (bicyclic) bond motifs is 3. The molecule has 0 aliphatic rings. The highest BCUT2D eigenvalue weighted by Gasteiger charge is 2.19. The molecule has 0 aliphatic heterocycles. The van der Waals surface area contributed by atoms with Crippen LogP contribution in [0.15, 0.2) is 46.0 Å². The number of aromatic amines is 2. The smallest absolute Gasteiger partial charge is 0.272 e. The number of hydrogen-bond acceptors (Lipinski definition) is 4. The van der Waals surface area contributed by atoms with Crippen LogP contribution in [0.25, 0.3) is 43.4 Å². The number of rotatable bonds is 0. The van der Waals surface area contributed by atoms with Crippen LogP contribution in [-0.2, 0) is 0 Å². The van der Waals surface area contributed by atoms with E-state index in [1.807, 2.05) is 24.3 Å². The summed E-state index contributed by atoms with van der Waals surface area (Å²) in [6.07, 6.45) is 0. The zero-order valence-corrected chi connectivity index (χ0v) is 12.4. The van der Waals surface area contributed by atoms with Gasteiger partial charge in [0.2, 0.25) is 0 Å². The lowest BCUT2D eigenvalue weighted by atomic mass is 9.91. The number of anilines is 2. The summed E-state index contributed by atoms with van der Waals surface area (Å²) in [7, 11) is 0. The molecule has 3 aromatic carbocycles. The van der Waals surface area contributed by atoms with E-state index in [1.54, 1.807) is 12.1 Å². The second kappa shape index (κ2) is 4.05. The Hall–Kier alpha value is -3.54. The van der Waals surface area contributed by atoms with Gasteiger partial charge in [0, 0.05) is 32.6 Å². The molecule has 0 bridgehead atoms. The van der Waals surface area contributed by atoms with Crippen LogP contribution < -0.4 is 22.6 Å². The summed E-state index contributed by atoms with van der Waals surface area (Å²) in [5.74, 6) is 0. The van der Waals surface area contributed by atoms with Crippen molar-refractivity contribution in [2.24, 2.45) is 0 Å². The fraction of sp³-hybridized carbons (Fsp3) is 0. The zero-order valence-electron chi connectivity index (χ0n) is 12.4. The lowest BCUT2D eigenvalue weighted by Gasteiger charge is -2.16. The highest BCUT2D eigenvalue weighted by atomic mass is 16.1. The van der Waals surface area contributed by atoms with Gasteiger partial charge in [0.25, 0.3) is 11.1 Å². The minimum Gasteiger partial charge on any atom is -0.394 e. The van der Waals surface area contributed by atoms with Gasteiger partial charge in [-0.15, -0.1) is 0 Å². The SMILES string of the molecule is Nc1c(=O)[nH]c2ccc3[nH]c(=O)c(N)c4c5ccccc5c1c2c34. The van der Waals surface area contributed by atoms with Crippen molar-refractivity contribution in [2.45, 2.75) is 0 Å². The number of H-pyrrole nitrogens is 2. The molecule has 0 aliphatic carbocycles. The molecule has 0 amide bonds. The van der Waals surface area contributed by atoms with Crippen molar-refractivity contribution in [1.82, 2.24) is 9.97 Å². The van der Waals surface area contributed by atoms with Crippen molar-refractivity contribution in [3.05, 3.63) is 57.1 Å². The van der Waals surface area contributed by atoms with E-state index >= 15 is 0 Å². The fourth-order valence-corrected chi connectivity index (χ4v) is 3.68. The molecule has 6 nitrogen and oxygen atoms in total. The second-order valence-corrected chi connectivity index (χ2v) is 5.94. The van der Waals surface area contributed by atoms with Gasteiger partial charge in [-0.05, 0) is 22.9 Å². The molecular formula is C18H12N4O2. The normalized spacial score (nSPS) is 12.0. The summed E-state index contributed by atoms with van der Waals surface area (Å²) in [5.41, 5.74) is 13.2. The van der Waals surface area contributed by atoms with Crippen LogP contribution in [0.3, 0.4) is 0 Å². The Bertz CT molecular complexity index is 1300. The predicted molar refractivity (Wildman–Crippen MR) is 97.7 cm³/mol. The molecule has 0 fully saturated rings. The first-order chi connectivity index (χ1) is 11.6. The monoisotopic (exact) mass is 316 g/mol. The van der Waals surface area contributed by atoms with Crippen LogP contribution in [0.4, 0.5) is 11.4 Å². The van der Waals surface area contributed by atoms with Gasteiger partial charge in [-0.3, -0.25) is 9.59 Å². The average Bonchev–Trinajstić information content (AvgIpc) is 2.58. The lowest BCUT2D eigenvalue weighted by molar-refractivity contribution is 1.31. The third-order valence-corrected chi connectivity index (χ3v) is 4.70. The van der Waals surface area contributed by atoms with Crippen LogP contribution in [0, 0.1) is 0 Å². The molecule has 116 valence electrons. The Balaban J connectivity index is 2.38. The van der Waals surface area contributed by atoms with Gasteiger partial charge in [-0.1, -0.05) is 24.3 Å². The van der Waals surface area contributed by atoms with Crippen molar-refractivity contribution >= 4 is 54.7 Å². The zero-order chi connectivity index (χ0) is 16.6. The van der Waals surface area contributed by atoms with Crippen LogP contribution in [0.5, 0.6) is 0 Å². The first-order valence-corrected chi connectivity index (χ1v) is 7.47. The van der Waals surface area contributed by atoms with E-state index in [0.29, 0.717) is 21.8 Å². The first kappa shape index (κ1) is 13.0. The molecule has 0 atom stereocenters. The molecule has 0 spiro atoms. The number of nitrogen functional groups attached to an aromatic ring is 2. The van der Waals surface area contributed by atoms with E-state index in [2.05, 4.69) is 9.97 Å². The third kappa shape index (κ3) is 1.35. The Morgan fingerprint density at radius 1 is 0.625 bits per heavy atom. The van der Waals surface area contributed by atoms with Gasteiger partial charge >= 0.3 is 0 Å². The van der Waals surface area contributed by atoms with Crippen molar-refractivity contribution < 1.29 is 0 Å². The minimum absolute atomic E-state index is 0.165. The van der Waals surface area contributed by atoms with Gasteiger partial charge in [-0.2, -0.15) is 0 Å². The topological polar surface area (TPSA) is 118 Å². The molecule has 2 aromatic heterocycles. The van der Waals surface area contributed by atoms with E-state index in [-0.39, 0.29) is 22.5 Å². The molecule has 6 heteroatoms. The van der Waals surface area contributed by atoms with E-state index in [0.717, 1.165) is 21.5 Å². The molecule has 0 radical (unpaired) electrons. The number of nitrogens with two attached hydrogens (primary N) is 2. The minimum atomic E-state index is -0.326. The predicted octanol–water partition coefficient (Wildman–Crippen LogP) is 2.28. The lowest BCUT2D eigenvalue weighted by Crippen LogP contribution is -2.15. The average molecular weight is 316 g/mol. The fourth-order valence-electron chi connectivity index (χ4n) is 3.68. The third-order valence-electron chi connectivity index (χ3n) is 4.70. The maximum atomic E-state index is 12.2. The molecule has 0 saturated carbocycles. The molecule has 2 heterocycles. The Kier molecular flexibility index (Phi) is 2.19. The van der Waals surface area contributed by atoms with Crippen molar-refractivity contribution in [1.29, 1.82) is 0 Å². The van der Waals surface area contributed by atoms with E-state index in [9.17, 15) is 9.59 Å². The summed E-state index contributed by atoms with van der Waals surface area (Å²) >= 11 is 0. The van der Waals surface area contributed by atoms with Gasteiger partial charge in [-0.25, -0.2) is 0 Å². The van der Waals surface area contributed by atoms with Crippen LogP contribution in [-0.4, -0.2) is 9.97 Å². The molecule has 5 aromatic rings. The molecule has 5 rings (SSSR count). The summed E-state index contributed by atoms with van der Waals surface area (Å²) in [4.78, 5) is 30.1. The number of hydrogen-bond donors (Lipinski definition) is 4. The summed E-state index contributed by atoms with van der Waals surface area (Å²) < 4.78 is 0. The largest absolute Gasteiger partial charge is 0.394 e. The van der Waals surface area contributed by atoms with Gasteiger partial charge in [0.1, 0.15) is 11.4 Å². The standard InChI is InChI=1S/C18H12N4O2/c19-15-11-7-3-1-2-4-8(7)12-14-10(22-18(24)16(12)20)6-5-9(13(11)14)21-17(15)23/h1-6H,19-20H2,(H,21,23)(H,22,24). The Morgan fingerprint density at radius 2 is 1.04 bits per heavy atom. The van der Waals surface area contributed by atoms with Crippen LogP contribution >= 0.6 is 0 Å².